The van der Waals surface area contributed by atoms with Crippen LogP contribution in [-0.2, 0) is 6.42 Å². The average molecular weight is 192 g/mol. The zero-order valence-corrected chi connectivity index (χ0v) is 7.90. The van der Waals surface area contributed by atoms with Crippen molar-refractivity contribution in [2.75, 3.05) is 10.6 Å². The SMILES string of the molecule is C[C@@H]1Cc2cc(N)ccc2N1C(=O)O. The lowest BCUT2D eigenvalue weighted by Gasteiger charge is -2.18. The number of nitrogens with zero attached hydrogens (tertiary/aromatic N) is 1. The van der Waals surface area contributed by atoms with Gasteiger partial charge in [0.2, 0.25) is 0 Å². The first kappa shape index (κ1) is 8.87. The Morgan fingerprint density at radius 1 is 1.64 bits per heavy atom. The molecule has 0 spiro atoms. The van der Waals surface area contributed by atoms with Gasteiger partial charge in [0.25, 0.3) is 0 Å². The van der Waals surface area contributed by atoms with E-state index in [0.717, 1.165) is 17.7 Å². The Morgan fingerprint density at radius 2 is 2.36 bits per heavy atom. The predicted octanol–water partition coefficient (Wildman–Crippen LogP) is 1.70. The van der Waals surface area contributed by atoms with Crippen molar-refractivity contribution in [3.05, 3.63) is 23.8 Å². The molecule has 0 radical (unpaired) electrons. The van der Waals surface area contributed by atoms with Gasteiger partial charge in [0.1, 0.15) is 0 Å². The molecule has 14 heavy (non-hydrogen) atoms. The predicted molar refractivity (Wildman–Crippen MR) is 54.5 cm³/mol. The lowest BCUT2D eigenvalue weighted by molar-refractivity contribution is 0.200. The van der Waals surface area contributed by atoms with Crippen LogP contribution in [0.2, 0.25) is 0 Å². The molecule has 4 nitrogen and oxygen atoms in total. The topological polar surface area (TPSA) is 66.6 Å². The molecule has 0 saturated carbocycles. The summed E-state index contributed by atoms with van der Waals surface area (Å²) in [6, 6.07) is 5.34. The van der Waals surface area contributed by atoms with Crippen molar-refractivity contribution in [3.63, 3.8) is 0 Å². The number of hydrogen-bond donors (Lipinski definition) is 2. The third-order valence-corrected chi connectivity index (χ3v) is 2.53. The van der Waals surface area contributed by atoms with Crippen LogP contribution >= 0.6 is 0 Å². The largest absolute Gasteiger partial charge is 0.465 e. The summed E-state index contributed by atoms with van der Waals surface area (Å²) in [6.07, 6.45) is -0.159. The minimum atomic E-state index is -0.902. The van der Waals surface area contributed by atoms with Gasteiger partial charge in [-0.05, 0) is 37.1 Å². The second kappa shape index (κ2) is 2.90. The van der Waals surface area contributed by atoms with E-state index in [4.69, 9.17) is 10.8 Å². The summed E-state index contributed by atoms with van der Waals surface area (Å²) >= 11 is 0. The van der Waals surface area contributed by atoms with Crippen LogP contribution in [-0.4, -0.2) is 17.2 Å². The van der Waals surface area contributed by atoms with Gasteiger partial charge in [-0.3, -0.25) is 4.90 Å². The molecule has 3 N–H and O–H groups in total. The highest BCUT2D eigenvalue weighted by Gasteiger charge is 2.30. The Kier molecular flexibility index (Phi) is 1.84. The standard InChI is InChI=1S/C10H12N2O2/c1-6-4-7-5-8(11)2-3-9(7)12(6)10(13)14/h2-3,5-6H,4,11H2,1H3,(H,13,14)/t6-/m1/s1. The molecule has 0 aliphatic carbocycles. The van der Waals surface area contributed by atoms with Gasteiger partial charge in [-0.15, -0.1) is 0 Å². The van der Waals surface area contributed by atoms with E-state index in [-0.39, 0.29) is 6.04 Å². The highest BCUT2D eigenvalue weighted by atomic mass is 16.4. The molecule has 0 saturated heterocycles. The summed E-state index contributed by atoms with van der Waals surface area (Å²) in [6.45, 7) is 1.89. The monoisotopic (exact) mass is 192 g/mol. The maximum atomic E-state index is 11.0. The summed E-state index contributed by atoms with van der Waals surface area (Å²) in [4.78, 5) is 12.3. The van der Waals surface area contributed by atoms with Crippen LogP contribution in [0.1, 0.15) is 12.5 Å². The van der Waals surface area contributed by atoms with Crippen molar-refractivity contribution >= 4 is 17.5 Å². The molecule has 1 atom stereocenters. The molecule has 1 heterocycles. The maximum absolute atomic E-state index is 11.0. The van der Waals surface area contributed by atoms with Crippen molar-refractivity contribution in [2.24, 2.45) is 0 Å². The van der Waals surface area contributed by atoms with E-state index in [2.05, 4.69) is 0 Å². The number of carboxylic acid groups (broad SMARTS) is 1. The Morgan fingerprint density at radius 3 is 3.00 bits per heavy atom. The highest BCUT2D eigenvalue weighted by Crippen LogP contribution is 2.33. The summed E-state index contributed by atoms with van der Waals surface area (Å²) in [5, 5.41) is 8.99. The number of rotatable bonds is 0. The Bertz CT molecular complexity index is 390. The van der Waals surface area contributed by atoms with Crippen LogP contribution in [0.5, 0.6) is 0 Å². The molecular weight excluding hydrogens is 180 g/mol. The van der Waals surface area contributed by atoms with Crippen molar-refractivity contribution in [2.45, 2.75) is 19.4 Å². The normalized spacial score (nSPS) is 19.5. The average Bonchev–Trinajstić information content (AvgIpc) is 2.39. The number of benzene rings is 1. The minimum absolute atomic E-state index is 0.00398. The number of nitrogens with two attached hydrogens (primary N) is 1. The Labute approximate surface area is 81.9 Å². The molecule has 1 aliphatic heterocycles. The first-order valence-electron chi connectivity index (χ1n) is 4.50. The molecule has 0 bridgehead atoms. The number of fused-ring (bicyclic) bond motifs is 1. The van der Waals surface area contributed by atoms with E-state index in [0.29, 0.717) is 5.69 Å². The number of anilines is 2. The van der Waals surface area contributed by atoms with Crippen molar-refractivity contribution in [3.8, 4) is 0 Å². The molecule has 74 valence electrons. The third-order valence-electron chi connectivity index (χ3n) is 2.53. The molecular formula is C10H12N2O2. The molecule has 4 heteroatoms. The lowest BCUT2D eigenvalue weighted by atomic mass is 10.1. The van der Waals surface area contributed by atoms with E-state index in [9.17, 15) is 4.79 Å². The zero-order chi connectivity index (χ0) is 10.3. The first-order valence-corrected chi connectivity index (χ1v) is 4.50. The number of carbonyl (C=O) groups is 1. The summed E-state index contributed by atoms with van der Waals surface area (Å²) < 4.78 is 0. The van der Waals surface area contributed by atoms with Gasteiger partial charge < -0.3 is 10.8 Å². The summed E-state index contributed by atoms with van der Waals surface area (Å²) in [5.41, 5.74) is 8.09. The zero-order valence-electron chi connectivity index (χ0n) is 7.90. The molecule has 1 aromatic rings. The summed E-state index contributed by atoms with van der Waals surface area (Å²) in [7, 11) is 0. The van der Waals surface area contributed by atoms with Gasteiger partial charge in [0.05, 0.1) is 5.69 Å². The van der Waals surface area contributed by atoms with Crippen molar-refractivity contribution in [1.82, 2.24) is 0 Å². The fraction of sp³-hybridized carbons (Fsp3) is 0.300. The van der Waals surface area contributed by atoms with Crippen LogP contribution in [0.4, 0.5) is 16.2 Å². The fourth-order valence-corrected chi connectivity index (χ4v) is 1.94. The lowest BCUT2D eigenvalue weighted by Crippen LogP contribution is -2.34. The number of amides is 1. The van der Waals surface area contributed by atoms with E-state index < -0.39 is 6.09 Å². The van der Waals surface area contributed by atoms with Crippen molar-refractivity contribution < 1.29 is 9.90 Å². The molecule has 0 fully saturated rings. The number of nitrogen functional groups attached to an aromatic ring is 1. The van der Waals surface area contributed by atoms with Gasteiger partial charge in [-0.1, -0.05) is 0 Å². The second-order valence-corrected chi connectivity index (χ2v) is 3.59. The van der Waals surface area contributed by atoms with Gasteiger partial charge >= 0.3 is 6.09 Å². The van der Waals surface area contributed by atoms with Gasteiger partial charge in [0, 0.05) is 11.7 Å². The van der Waals surface area contributed by atoms with Crippen LogP contribution in [0, 0.1) is 0 Å². The smallest absolute Gasteiger partial charge is 0.412 e. The molecule has 2 rings (SSSR count). The van der Waals surface area contributed by atoms with E-state index in [1.807, 2.05) is 13.0 Å². The maximum Gasteiger partial charge on any atom is 0.412 e. The molecule has 1 amide bonds. The Balaban J connectivity index is 2.48. The highest BCUT2D eigenvalue weighted by molar-refractivity contribution is 5.90. The second-order valence-electron chi connectivity index (χ2n) is 3.59. The van der Waals surface area contributed by atoms with Crippen LogP contribution in [0.15, 0.2) is 18.2 Å². The van der Waals surface area contributed by atoms with E-state index >= 15 is 0 Å². The fourth-order valence-electron chi connectivity index (χ4n) is 1.94. The molecule has 0 unspecified atom stereocenters. The van der Waals surface area contributed by atoms with Gasteiger partial charge in [-0.2, -0.15) is 0 Å². The van der Waals surface area contributed by atoms with Gasteiger partial charge in [0.15, 0.2) is 0 Å². The molecule has 0 aromatic heterocycles. The van der Waals surface area contributed by atoms with Crippen LogP contribution in [0.25, 0.3) is 0 Å². The van der Waals surface area contributed by atoms with E-state index in [1.165, 1.54) is 4.90 Å². The number of hydrogen-bond acceptors (Lipinski definition) is 2. The first-order chi connectivity index (χ1) is 6.59. The van der Waals surface area contributed by atoms with Crippen molar-refractivity contribution in [1.29, 1.82) is 0 Å². The quantitative estimate of drug-likeness (QED) is 0.615. The Hall–Kier alpha value is -1.71. The minimum Gasteiger partial charge on any atom is -0.465 e. The molecule has 1 aromatic carbocycles. The van der Waals surface area contributed by atoms with Crippen LogP contribution < -0.4 is 10.6 Å². The van der Waals surface area contributed by atoms with E-state index in [1.54, 1.807) is 12.1 Å². The third kappa shape index (κ3) is 1.19. The van der Waals surface area contributed by atoms with Gasteiger partial charge in [-0.25, -0.2) is 4.79 Å². The summed E-state index contributed by atoms with van der Waals surface area (Å²) in [5.74, 6) is 0. The molecule has 1 aliphatic rings. The van der Waals surface area contributed by atoms with Crippen LogP contribution in [0.3, 0.4) is 0 Å².